The quantitative estimate of drug-likeness (QED) is 0.625. The zero-order valence-electron chi connectivity index (χ0n) is 11.2. The molecule has 1 unspecified atom stereocenters. The first-order valence-electron chi connectivity index (χ1n) is 6.43. The van der Waals surface area contributed by atoms with E-state index in [4.69, 9.17) is 5.84 Å². The minimum Gasteiger partial charge on any atom is -0.271 e. The average molecular weight is 281 g/mol. The number of rotatable bonds is 6. The molecule has 20 heavy (non-hydrogen) atoms. The summed E-state index contributed by atoms with van der Waals surface area (Å²) < 4.78 is 28.8. The van der Waals surface area contributed by atoms with Crippen molar-refractivity contribution in [3.8, 4) is 0 Å². The van der Waals surface area contributed by atoms with E-state index in [0.29, 0.717) is 12.2 Å². The van der Waals surface area contributed by atoms with Gasteiger partial charge in [-0.05, 0) is 24.6 Å². The lowest BCUT2D eigenvalue weighted by molar-refractivity contribution is 0.474. The van der Waals surface area contributed by atoms with Crippen LogP contribution >= 0.6 is 0 Å². The maximum atomic E-state index is 13.8. The minimum absolute atomic E-state index is 0.179. The molecule has 108 valence electrons. The Morgan fingerprint density at radius 1 is 1.40 bits per heavy atom. The topological polar surface area (TPSA) is 68.8 Å². The van der Waals surface area contributed by atoms with E-state index in [9.17, 15) is 8.78 Å². The summed E-state index contributed by atoms with van der Waals surface area (Å²) in [5.41, 5.74) is 2.69. The van der Waals surface area contributed by atoms with E-state index in [1.807, 2.05) is 6.92 Å². The summed E-state index contributed by atoms with van der Waals surface area (Å²) in [7, 11) is 0. The van der Waals surface area contributed by atoms with Crippen LogP contribution in [0.1, 0.15) is 30.8 Å². The van der Waals surface area contributed by atoms with Crippen LogP contribution in [0, 0.1) is 11.6 Å². The lowest BCUT2D eigenvalue weighted by atomic mass is 10.0. The smallest absolute Gasteiger partial charge is 0.138 e. The molecule has 0 saturated heterocycles. The molecule has 2 aromatic rings. The number of aryl methyl sites for hydroxylation is 1. The number of hydrogen-bond donors (Lipinski definition) is 2. The molecule has 1 aromatic carbocycles. The van der Waals surface area contributed by atoms with Crippen molar-refractivity contribution in [1.82, 2.24) is 20.2 Å². The Balaban J connectivity index is 2.24. The fourth-order valence-electron chi connectivity index (χ4n) is 2.07. The summed E-state index contributed by atoms with van der Waals surface area (Å²) in [4.78, 5) is 4.14. The zero-order valence-corrected chi connectivity index (χ0v) is 11.2. The summed E-state index contributed by atoms with van der Waals surface area (Å²) in [6, 6.07) is 2.74. The fourth-order valence-corrected chi connectivity index (χ4v) is 2.07. The molecule has 0 bridgehead atoms. The van der Waals surface area contributed by atoms with Crippen molar-refractivity contribution in [2.45, 2.75) is 32.4 Å². The van der Waals surface area contributed by atoms with Crippen LogP contribution in [0.5, 0.6) is 0 Å². The highest BCUT2D eigenvalue weighted by Crippen LogP contribution is 2.21. The van der Waals surface area contributed by atoms with Crippen LogP contribution in [0.15, 0.2) is 24.5 Å². The van der Waals surface area contributed by atoms with Gasteiger partial charge < -0.3 is 0 Å². The van der Waals surface area contributed by atoms with Gasteiger partial charge in [-0.25, -0.2) is 13.8 Å². The van der Waals surface area contributed by atoms with Crippen LogP contribution in [-0.2, 0) is 13.0 Å². The predicted molar refractivity (Wildman–Crippen MR) is 70.4 cm³/mol. The van der Waals surface area contributed by atoms with Crippen molar-refractivity contribution >= 4 is 0 Å². The van der Waals surface area contributed by atoms with Gasteiger partial charge in [-0.15, -0.1) is 0 Å². The van der Waals surface area contributed by atoms with E-state index in [0.717, 1.165) is 31.2 Å². The van der Waals surface area contributed by atoms with E-state index in [1.54, 1.807) is 4.68 Å². The number of nitrogens with one attached hydrogen (secondary N) is 1. The van der Waals surface area contributed by atoms with Gasteiger partial charge in [0.1, 0.15) is 23.8 Å². The second kappa shape index (κ2) is 6.53. The Morgan fingerprint density at radius 3 is 2.90 bits per heavy atom. The third-order valence-corrected chi connectivity index (χ3v) is 3.05. The first kappa shape index (κ1) is 14.5. The molecule has 0 aliphatic carbocycles. The van der Waals surface area contributed by atoms with Gasteiger partial charge in [0.05, 0.1) is 6.04 Å². The van der Waals surface area contributed by atoms with Crippen LogP contribution < -0.4 is 11.3 Å². The summed E-state index contributed by atoms with van der Waals surface area (Å²) >= 11 is 0. The van der Waals surface area contributed by atoms with Gasteiger partial charge in [-0.1, -0.05) is 6.92 Å². The molecule has 2 rings (SSSR count). The normalized spacial score (nSPS) is 12.6. The van der Waals surface area contributed by atoms with Gasteiger partial charge in [-0.3, -0.25) is 16.0 Å². The molecule has 0 fully saturated rings. The van der Waals surface area contributed by atoms with E-state index in [1.165, 1.54) is 6.33 Å². The molecule has 0 saturated carbocycles. The van der Waals surface area contributed by atoms with Crippen molar-refractivity contribution in [1.29, 1.82) is 0 Å². The molecule has 0 radical (unpaired) electrons. The standard InChI is InChI=1S/C13H17F2N5/c1-2-5-20-13(17-8-18-20)7-12(19-16)10-6-9(14)3-4-11(10)15/h3-4,6,8,12,19H,2,5,7,16H2,1H3. The highest BCUT2D eigenvalue weighted by atomic mass is 19.1. The number of nitrogens with two attached hydrogens (primary N) is 1. The third kappa shape index (κ3) is 3.17. The SMILES string of the molecule is CCCn1ncnc1CC(NN)c1cc(F)ccc1F. The molecule has 0 amide bonds. The first-order valence-corrected chi connectivity index (χ1v) is 6.43. The summed E-state index contributed by atoms with van der Waals surface area (Å²) in [6.45, 7) is 2.74. The summed E-state index contributed by atoms with van der Waals surface area (Å²) in [5, 5.41) is 4.10. The van der Waals surface area contributed by atoms with Crippen molar-refractivity contribution in [3.05, 3.63) is 47.5 Å². The average Bonchev–Trinajstić information content (AvgIpc) is 2.87. The van der Waals surface area contributed by atoms with E-state index in [2.05, 4.69) is 15.5 Å². The largest absolute Gasteiger partial charge is 0.271 e. The fraction of sp³-hybridized carbons (Fsp3) is 0.385. The summed E-state index contributed by atoms with van der Waals surface area (Å²) in [6.07, 6.45) is 2.68. The van der Waals surface area contributed by atoms with Crippen molar-refractivity contribution < 1.29 is 8.78 Å². The van der Waals surface area contributed by atoms with E-state index < -0.39 is 17.7 Å². The second-order valence-electron chi connectivity index (χ2n) is 4.49. The van der Waals surface area contributed by atoms with Crippen molar-refractivity contribution in [2.75, 3.05) is 0 Å². The molecule has 1 aromatic heterocycles. The maximum absolute atomic E-state index is 13.8. The van der Waals surface area contributed by atoms with Gasteiger partial charge in [0, 0.05) is 18.5 Å². The van der Waals surface area contributed by atoms with E-state index in [-0.39, 0.29) is 5.56 Å². The predicted octanol–water partition coefficient (Wildman–Crippen LogP) is 1.71. The molecule has 1 heterocycles. The Bertz CT molecular complexity index is 570. The zero-order chi connectivity index (χ0) is 14.5. The Morgan fingerprint density at radius 2 is 2.20 bits per heavy atom. The number of hydrazine groups is 1. The van der Waals surface area contributed by atoms with Crippen molar-refractivity contribution in [2.24, 2.45) is 5.84 Å². The van der Waals surface area contributed by atoms with Crippen LogP contribution in [-0.4, -0.2) is 14.8 Å². The number of aromatic nitrogens is 3. The van der Waals surface area contributed by atoms with Crippen LogP contribution in [0.25, 0.3) is 0 Å². The third-order valence-electron chi connectivity index (χ3n) is 3.05. The van der Waals surface area contributed by atoms with Crippen LogP contribution in [0.3, 0.4) is 0 Å². The molecule has 0 spiro atoms. The monoisotopic (exact) mass is 281 g/mol. The second-order valence-corrected chi connectivity index (χ2v) is 4.49. The first-order chi connectivity index (χ1) is 9.65. The molecule has 1 atom stereocenters. The van der Waals surface area contributed by atoms with Gasteiger partial charge in [0.25, 0.3) is 0 Å². The molecule has 7 heteroatoms. The summed E-state index contributed by atoms with van der Waals surface area (Å²) in [5.74, 6) is 5.14. The molecular weight excluding hydrogens is 264 g/mol. The molecule has 0 aliphatic heterocycles. The van der Waals surface area contributed by atoms with Gasteiger partial charge in [-0.2, -0.15) is 5.10 Å². The van der Waals surface area contributed by atoms with Gasteiger partial charge in [0.15, 0.2) is 0 Å². The van der Waals surface area contributed by atoms with Gasteiger partial charge >= 0.3 is 0 Å². The number of benzene rings is 1. The highest BCUT2D eigenvalue weighted by molar-refractivity contribution is 5.23. The lowest BCUT2D eigenvalue weighted by Crippen LogP contribution is -2.31. The Kier molecular flexibility index (Phi) is 4.75. The van der Waals surface area contributed by atoms with Crippen molar-refractivity contribution in [3.63, 3.8) is 0 Å². The minimum atomic E-state index is -0.564. The Hall–Kier alpha value is -1.86. The lowest BCUT2D eigenvalue weighted by Gasteiger charge is -2.17. The van der Waals surface area contributed by atoms with Gasteiger partial charge in [0.2, 0.25) is 0 Å². The Labute approximate surface area is 115 Å². The maximum Gasteiger partial charge on any atom is 0.138 e. The molecular formula is C13H17F2N5. The van der Waals surface area contributed by atoms with Crippen LogP contribution in [0.4, 0.5) is 8.78 Å². The number of hydrogen-bond acceptors (Lipinski definition) is 4. The van der Waals surface area contributed by atoms with Crippen LogP contribution in [0.2, 0.25) is 0 Å². The number of nitrogens with zero attached hydrogens (tertiary/aromatic N) is 3. The highest BCUT2D eigenvalue weighted by Gasteiger charge is 2.18. The number of halogens is 2. The molecule has 0 aliphatic rings. The molecule has 5 nitrogen and oxygen atoms in total. The molecule has 3 N–H and O–H groups in total. The van der Waals surface area contributed by atoms with E-state index >= 15 is 0 Å².